The molecular weight excluding hydrogens is 258 g/mol. The second kappa shape index (κ2) is 8.19. The number of esters is 1. The molecule has 1 rings (SSSR count). The van der Waals surface area contributed by atoms with E-state index in [0.717, 1.165) is 5.56 Å². The van der Waals surface area contributed by atoms with Crippen molar-refractivity contribution in [2.45, 2.75) is 33.4 Å². The van der Waals surface area contributed by atoms with Crippen LogP contribution in [-0.4, -0.2) is 24.7 Å². The highest BCUT2D eigenvalue weighted by Crippen LogP contribution is 2.06. The van der Waals surface area contributed by atoms with Gasteiger partial charge in [0.1, 0.15) is 12.6 Å². The van der Waals surface area contributed by atoms with E-state index >= 15 is 0 Å². The number of amides is 1. The first-order valence-corrected chi connectivity index (χ1v) is 6.68. The van der Waals surface area contributed by atoms with Crippen molar-refractivity contribution < 1.29 is 19.1 Å². The molecule has 5 heteroatoms. The molecule has 0 aliphatic heterocycles. The van der Waals surface area contributed by atoms with Crippen molar-refractivity contribution in [1.29, 1.82) is 0 Å². The van der Waals surface area contributed by atoms with Crippen molar-refractivity contribution in [2.24, 2.45) is 5.92 Å². The molecule has 1 aromatic rings. The number of benzene rings is 1. The Labute approximate surface area is 119 Å². The standard InChI is InChI=1S/C15H21NO4/c1-4-19-14(17)13(11(2)3)16-15(18)20-10-12-8-6-5-7-9-12/h5-9,11,13H,4,10H2,1-3H3,(H,16,18)/t13-/m1/s1. The maximum Gasteiger partial charge on any atom is 0.408 e. The van der Waals surface area contributed by atoms with E-state index in [1.54, 1.807) is 6.92 Å². The predicted molar refractivity (Wildman–Crippen MR) is 75.0 cm³/mol. The minimum Gasteiger partial charge on any atom is -0.464 e. The predicted octanol–water partition coefficient (Wildman–Crippen LogP) is 2.50. The van der Waals surface area contributed by atoms with E-state index in [-0.39, 0.29) is 19.1 Å². The third-order valence-corrected chi connectivity index (χ3v) is 2.69. The average molecular weight is 279 g/mol. The zero-order chi connectivity index (χ0) is 15.0. The lowest BCUT2D eigenvalue weighted by Crippen LogP contribution is -2.45. The lowest BCUT2D eigenvalue weighted by molar-refractivity contribution is -0.146. The van der Waals surface area contributed by atoms with Gasteiger partial charge in [0, 0.05) is 0 Å². The maximum atomic E-state index is 11.7. The van der Waals surface area contributed by atoms with Gasteiger partial charge in [-0.15, -0.1) is 0 Å². The van der Waals surface area contributed by atoms with Gasteiger partial charge in [-0.3, -0.25) is 0 Å². The highest BCUT2D eigenvalue weighted by Gasteiger charge is 2.25. The van der Waals surface area contributed by atoms with E-state index in [4.69, 9.17) is 9.47 Å². The number of alkyl carbamates (subject to hydrolysis) is 1. The summed E-state index contributed by atoms with van der Waals surface area (Å²) >= 11 is 0. The van der Waals surface area contributed by atoms with E-state index in [0.29, 0.717) is 0 Å². The molecule has 5 nitrogen and oxygen atoms in total. The Morgan fingerprint density at radius 2 is 1.80 bits per heavy atom. The van der Waals surface area contributed by atoms with Crippen molar-refractivity contribution in [3.63, 3.8) is 0 Å². The molecule has 0 bridgehead atoms. The van der Waals surface area contributed by atoms with Gasteiger partial charge in [0.05, 0.1) is 6.61 Å². The zero-order valence-electron chi connectivity index (χ0n) is 12.1. The topological polar surface area (TPSA) is 64.6 Å². The summed E-state index contributed by atoms with van der Waals surface area (Å²) in [5.41, 5.74) is 0.889. The smallest absolute Gasteiger partial charge is 0.408 e. The van der Waals surface area contributed by atoms with Crippen LogP contribution in [0.4, 0.5) is 4.79 Å². The molecule has 0 fully saturated rings. The maximum absolute atomic E-state index is 11.7. The molecule has 1 N–H and O–H groups in total. The van der Waals surface area contributed by atoms with Crippen molar-refractivity contribution >= 4 is 12.1 Å². The van der Waals surface area contributed by atoms with Crippen LogP contribution in [0.15, 0.2) is 30.3 Å². The first-order valence-electron chi connectivity index (χ1n) is 6.68. The van der Waals surface area contributed by atoms with Gasteiger partial charge in [0.15, 0.2) is 0 Å². The van der Waals surface area contributed by atoms with E-state index < -0.39 is 18.1 Å². The number of carbonyl (C=O) groups excluding carboxylic acids is 2. The second-order valence-corrected chi connectivity index (χ2v) is 4.68. The summed E-state index contributed by atoms with van der Waals surface area (Å²) in [6.45, 7) is 5.84. The van der Waals surface area contributed by atoms with Gasteiger partial charge in [-0.25, -0.2) is 9.59 Å². The molecule has 0 aliphatic carbocycles. The van der Waals surface area contributed by atoms with Crippen LogP contribution in [0.25, 0.3) is 0 Å². The Morgan fingerprint density at radius 3 is 2.35 bits per heavy atom. The molecule has 0 saturated carbocycles. The van der Waals surface area contributed by atoms with Crippen LogP contribution in [0.2, 0.25) is 0 Å². The van der Waals surface area contributed by atoms with Gasteiger partial charge in [-0.2, -0.15) is 0 Å². The van der Waals surface area contributed by atoms with Gasteiger partial charge in [0.25, 0.3) is 0 Å². The molecule has 0 spiro atoms. The molecule has 110 valence electrons. The lowest BCUT2D eigenvalue weighted by Gasteiger charge is -2.20. The van der Waals surface area contributed by atoms with Crippen LogP contribution in [0.5, 0.6) is 0 Å². The Morgan fingerprint density at radius 1 is 1.15 bits per heavy atom. The molecule has 0 heterocycles. The molecule has 0 aromatic heterocycles. The molecular formula is C15H21NO4. The molecule has 20 heavy (non-hydrogen) atoms. The fourth-order valence-electron chi connectivity index (χ4n) is 1.62. The van der Waals surface area contributed by atoms with Gasteiger partial charge in [-0.05, 0) is 18.4 Å². The second-order valence-electron chi connectivity index (χ2n) is 4.68. The minimum absolute atomic E-state index is 0.0710. The van der Waals surface area contributed by atoms with E-state index in [2.05, 4.69) is 5.32 Å². The largest absolute Gasteiger partial charge is 0.464 e. The fraction of sp³-hybridized carbons (Fsp3) is 0.467. The van der Waals surface area contributed by atoms with Crippen molar-refractivity contribution in [2.75, 3.05) is 6.61 Å². The Balaban J connectivity index is 2.48. The minimum atomic E-state index is -0.696. The quantitative estimate of drug-likeness (QED) is 0.813. The zero-order valence-corrected chi connectivity index (χ0v) is 12.1. The van der Waals surface area contributed by atoms with Gasteiger partial charge in [-0.1, -0.05) is 44.2 Å². The lowest BCUT2D eigenvalue weighted by atomic mass is 10.1. The van der Waals surface area contributed by atoms with Crippen molar-refractivity contribution in [3.05, 3.63) is 35.9 Å². The molecule has 1 atom stereocenters. The van der Waals surface area contributed by atoms with Crippen LogP contribution in [-0.2, 0) is 20.9 Å². The SMILES string of the molecule is CCOC(=O)[C@H](NC(=O)OCc1ccccc1)C(C)C. The van der Waals surface area contributed by atoms with Crippen LogP contribution in [0.3, 0.4) is 0 Å². The molecule has 0 saturated heterocycles. The summed E-state index contributed by atoms with van der Waals surface area (Å²) < 4.78 is 10.00. The number of rotatable bonds is 6. The van der Waals surface area contributed by atoms with Crippen LogP contribution < -0.4 is 5.32 Å². The number of carbonyl (C=O) groups is 2. The normalized spacial score (nSPS) is 11.8. The number of hydrogen-bond acceptors (Lipinski definition) is 4. The molecule has 1 aromatic carbocycles. The molecule has 0 unspecified atom stereocenters. The van der Waals surface area contributed by atoms with Crippen molar-refractivity contribution in [3.8, 4) is 0 Å². The average Bonchev–Trinajstić information content (AvgIpc) is 2.43. The molecule has 1 amide bonds. The summed E-state index contributed by atoms with van der Waals surface area (Å²) in [7, 11) is 0. The van der Waals surface area contributed by atoms with E-state index in [9.17, 15) is 9.59 Å². The van der Waals surface area contributed by atoms with Crippen LogP contribution >= 0.6 is 0 Å². The van der Waals surface area contributed by atoms with Crippen molar-refractivity contribution in [1.82, 2.24) is 5.32 Å². The summed E-state index contributed by atoms with van der Waals surface area (Å²) in [4.78, 5) is 23.4. The Bertz CT molecular complexity index is 431. The van der Waals surface area contributed by atoms with Gasteiger partial charge < -0.3 is 14.8 Å². The van der Waals surface area contributed by atoms with Crippen LogP contribution in [0, 0.1) is 5.92 Å². The first-order chi connectivity index (χ1) is 9.54. The van der Waals surface area contributed by atoms with E-state index in [1.165, 1.54) is 0 Å². The number of nitrogens with one attached hydrogen (secondary N) is 1. The van der Waals surface area contributed by atoms with Gasteiger partial charge in [0.2, 0.25) is 0 Å². The highest BCUT2D eigenvalue weighted by atomic mass is 16.6. The van der Waals surface area contributed by atoms with Crippen LogP contribution in [0.1, 0.15) is 26.3 Å². The molecule has 0 aliphatic rings. The summed E-state index contributed by atoms with van der Waals surface area (Å²) in [5, 5.41) is 2.54. The molecule has 0 radical (unpaired) electrons. The Kier molecular flexibility index (Phi) is 6.56. The van der Waals surface area contributed by atoms with E-state index in [1.807, 2.05) is 44.2 Å². The summed E-state index contributed by atoms with van der Waals surface area (Å²) in [6.07, 6.45) is -0.624. The third kappa shape index (κ3) is 5.30. The number of hydrogen-bond donors (Lipinski definition) is 1. The number of ether oxygens (including phenoxy) is 2. The third-order valence-electron chi connectivity index (χ3n) is 2.69. The first kappa shape index (κ1) is 16.0. The highest BCUT2D eigenvalue weighted by molar-refractivity contribution is 5.81. The Hall–Kier alpha value is -2.04. The summed E-state index contributed by atoms with van der Waals surface area (Å²) in [5.74, 6) is -0.516. The van der Waals surface area contributed by atoms with Gasteiger partial charge >= 0.3 is 12.1 Å². The summed E-state index contributed by atoms with van der Waals surface area (Å²) in [6, 6.07) is 8.65. The fourth-order valence-corrected chi connectivity index (χ4v) is 1.62. The monoisotopic (exact) mass is 279 g/mol.